The largest absolute Gasteiger partial charge is 0.494 e. The molecule has 0 aromatic heterocycles. The second-order valence-corrected chi connectivity index (χ2v) is 7.72. The maximum atomic E-state index is 13.0. The first-order valence-electron chi connectivity index (χ1n) is 10.6. The Kier molecular flexibility index (Phi) is 5.32. The van der Waals surface area contributed by atoms with Gasteiger partial charge in [-0.15, -0.1) is 0 Å². The van der Waals surface area contributed by atoms with E-state index in [4.69, 9.17) is 14.2 Å². The molecular weight excluding hydrogens is 412 g/mol. The van der Waals surface area contributed by atoms with E-state index in [0.29, 0.717) is 24.5 Å². The minimum Gasteiger partial charge on any atom is -0.494 e. The fraction of sp³-hybridized carbons (Fsp3) is 0.304. The summed E-state index contributed by atoms with van der Waals surface area (Å²) in [4.78, 5) is 27.0. The fourth-order valence-electron chi connectivity index (χ4n) is 4.07. The van der Waals surface area contributed by atoms with Crippen LogP contribution in [0, 0.1) is 0 Å². The number of carbonyl (C=O) groups excluding carboxylic acids is 2. The summed E-state index contributed by atoms with van der Waals surface area (Å²) in [5.74, 6) is 1.79. The third-order valence-electron chi connectivity index (χ3n) is 5.64. The quantitative estimate of drug-likeness (QED) is 0.718. The maximum absolute atomic E-state index is 13.0. The van der Waals surface area contributed by atoms with E-state index in [0.717, 1.165) is 17.1 Å². The van der Waals surface area contributed by atoms with Crippen molar-refractivity contribution < 1.29 is 23.8 Å². The normalized spacial score (nSPS) is 21.0. The Hall–Kier alpha value is -3.72. The summed E-state index contributed by atoms with van der Waals surface area (Å²) in [6.07, 6.45) is 4.01. The van der Waals surface area contributed by atoms with Crippen LogP contribution in [0.4, 0.5) is 5.69 Å². The highest BCUT2D eigenvalue weighted by atomic mass is 16.7. The highest BCUT2D eigenvalue weighted by Crippen LogP contribution is 2.37. The molecule has 166 valence electrons. The first kappa shape index (κ1) is 20.2. The number of nitrogens with one attached hydrogen (secondary N) is 2. The standard InChI is InChI=1S/C23H24N4O5/c1-2-30-17-6-4-16(5-7-17)24-22(28)13-26-9-10-27-19(23(26)29)12-18(25-27)15-3-8-20-21(11-15)32-14-31-20/h3-11,18-19,25H,2,12-14H2,1H3,(H,24,28). The molecule has 2 aromatic rings. The maximum Gasteiger partial charge on any atom is 0.251 e. The molecule has 1 saturated heterocycles. The van der Waals surface area contributed by atoms with Gasteiger partial charge in [0.25, 0.3) is 5.91 Å². The van der Waals surface area contributed by atoms with Gasteiger partial charge in [-0.05, 0) is 55.3 Å². The molecule has 2 aromatic carbocycles. The molecule has 0 aliphatic carbocycles. The molecule has 3 heterocycles. The van der Waals surface area contributed by atoms with Crippen molar-refractivity contribution in [1.82, 2.24) is 15.3 Å². The zero-order valence-electron chi connectivity index (χ0n) is 17.6. The van der Waals surface area contributed by atoms with Gasteiger partial charge in [0.1, 0.15) is 18.3 Å². The molecule has 2 amide bonds. The van der Waals surface area contributed by atoms with E-state index >= 15 is 0 Å². The van der Waals surface area contributed by atoms with Crippen molar-refractivity contribution in [3.05, 3.63) is 60.4 Å². The fourth-order valence-corrected chi connectivity index (χ4v) is 4.07. The SMILES string of the molecule is CCOc1ccc(NC(=O)CN2C=CN3NC(c4ccc5c(c4)OCO5)CC3C2=O)cc1. The van der Waals surface area contributed by atoms with Crippen LogP contribution in [0.1, 0.15) is 24.9 Å². The van der Waals surface area contributed by atoms with E-state index in [1.165, 1.54) is 4.90 Å². The molecule has 3 aliphatic heterocycles. The zero-order chi connectivity index (χ0) is 22.1. The lowest BCUT2D eigenvalue weighted by Crippen LogP contribution is -2.49. The van der Waals surface area contributed by atoms with Crippen molar-refractivity contribution in [3.63, 3.8) is 0 Å². The number of rotatable bonds is 6. The number of hydrazine groups is 1. The van der Waals surface area contributed by atoms with Crippen LogP contribution in [0.5, 0.6) is 17.2 Å². The van der Waals surface area contributed by atoms with Gasteiger partial charge in [0.15, 0.2) is 11.5 Å². The number of ether oxygens (including phenoxy) is 3. The van der Waals surface area contributed by atoms with E-state index in [1.807, 2.05) is 25.1 Å². The van der Waals surface area contributed by atoms with Crippen LogP contribution in [0.15, 0.2) is 54.9 Å². The predicted molar refractivity (Wildman–Crippen MR) is 116 cm³/mol. The second-order valence-electron chi connectivity index (χ2n) is 7.72. The van der Waals surface area contributed by atoms with Crippen LogP contribution >= 0.6 is 0 Å². The number of anilines is 1. The zero-order valence-corrected chi connectivity index (χ0v) is 17.6. The Balaban J connectivity index is 1.20. The summed E-state index contributed by atoms with van der Waals surface area (Å²) < 4.78 is 16.2. The number of hydrogen-bond acceptors (Lipinski definition) is 7. The lowest BCUT2D eigenvalue weighted by Gasteiger charge is -2.31. The summed E-state index contributed by atoms with van der Waals surface area (Å²) >= 11 is 0. The molecule has 9 nitrogen and oxygen atoms in total. The Labute approximate surface area is 185 Å². The smallest absolute Gasteiger partial charge is 0.251 e. The number of amides is 2. The Bertz CT molecular complexity index is 1050. The van der Waals surface area contributed by atoms with E-state index in [9.17, 15) is 9.59 Å². The van der Waals surface area contributed by atoms with Gasteiger partial charge >= 0.3 is 0 Å². The van der Waals surface area contributed by atoms with Crippen LogP contribution in [0.3, 0.4) is 0 Å². The van der Waals surface area contributed by atoms with Gasteiger partial charge in [-0.1, -0.05) is 6.07 Å². The molecule has 0 bridgehead atoms. The highest BCUT2D eigenvalue weighted by Gasteiger charge is 2.40. The molecule has 9 heteroatoms. The molecule has 2 N–H and O–H groups in total. The van der Waals surface area contributed by atoms with Crippen molar-refractivity contribution in [1.29, 1.82) is 0 Å². The predicted octanol–water partition coefficient (Wildman–Crippen LogP) is 2.39. The minimum atomic E-state index is -0.381. The third kappa shape index (κ3) is 3.94. The van der Waals surface area contributed by atoms with Crippen LogP contribution in [-0.4, -0.2) is 47.7 Å². The van der Waals surface area contributed by atoms with Crippen molar-refractivity contribution in [2.75, 3.05) is 25.3 Å². The van der Waals surface area contributed by atoms with Crippen molar-refractivity contribution in [2.45, 2.75) is 25.4 Å². The van der Waals surface area contributed by atoms with Crippen LogP contribution in [0.25, 0.3) is 0 Å². The van der Waals surface area contributed by atoms with Gasteiger partial charge in [0, 0.05) is 18.1 Å². The first-order valence-corrected chi connectivity index (χ1v) is 10.6. The molecule has 32 heavy (non-hydrogen) atoms. The molecular formula is C23H24N4O5. The minimum absolute atomic E-state index is 0.0410. The van der Waals surface area contributed by atoms with Crippen LogP contribution in [0.2, 0.25) is 0 Å². The van der Waals surface area contributed by atoms with E-state index < -0.39 is 0 Å². The van der Waals surface area contributed by atoms with E-state index in [-0.39, 0.29) is 37.2 Å². The molecule has 0 radical (unpaired) electrons. The topological polar surface area (TPSA) is 92.4 Å². The Morgan fingerprint density at radius 3 is 2.78 bits per heavy atom. The van der Waals surface area contributed by atoms with Gasteiger partial charge < -0.3 is 29.4 Å². The lowest BCUT2D eigenvalue weighted by molar-refractivity contribution is -0.137. The highest BCUT2D eigenvalue weighted by molar-refractivity contribution is 5.96. The van der Waals surface area contributed by atoms with Crippen molar-refractivity contribution in [2.24, 2.45) is 0 Å². The van der Waals surface area contributed by atoms with Gasteiger partial charge in [0.05, 0.1) is 12.6 Å². The van der Waals surface area contributed by atoms with E-state index in [2.05, 4.69) is 10.7 Å². The monoisotopic (exact) mass is 436 g/mol. The van der Waals surface area contributed by atoms with Crippen molar-refractivity contribution >= 4 is 17.5 Å². The third-order valence-corrected chi connectivity index (χ3v) is 5.64. The summed E-state index contributed by atoms with van der Waals surface area (Å²) in [6.45, 7) is 2.66. The molecule has 0 spiro atoms. The average molecular weight is 436 g/mol. The van der Waals surface area contributed by atoms with E-state index in [1.54, 1.807) is 41.7 Å². The van der Waals surface area contributed by atoms with Gasteiger partial charge in [0.2, 0.25) is 12.7 Å². The summed E-state index contributed by atoms with van der Waals surface area (Å²) in [5.41, 5.74) is 5.02. The first-order chi connectivity index (χ1) is 15.6. The van der Waals surface area contributed by atoms with Crippen LogP contribution in [-0.2, 0) is 9.59 Å². The van der Waals surface area contributed by atoms with Gasteiger partial charge in [-0.3, -0.25) is 9.59 Å². The number of fused-ring (bicyclic) bond motifs is 2. The number of hydrogen-bond donors (Lipinski definition) is 2. The summed E-state index contributed by atoms with van der Waals surface area (Å²) in [7, 11) is 0. The van der Waals surface area contributed by atoms with Gasteiger partial charge in [-0.25, -0.2) is 5.43 Å². The number of nitrogens with zero attached hydrogens (tertiary/aromatic N) is 2. The summed E-state index contributed by atoms with van der Waals surface area (Å²) in [5, 5.41) is 4.62. The van der Waals surface area contributed by atoms with Gasteiger partial charge in [-0.2, -0.15) is 0 Å². The average Bonchev–Trinajstić information content (AvgIpc) is 3.44. The lowest BCUT2D eigenvalue weighted by atomic mass is 10.0. The van der Waals surface area contributed by atoms with Crippen LogP contribution < -0.4 is 25.0 Å². The molecule has 2 unspecified atom stereocenters. The molecule has 3 aliphatic rings. The second kappa shape index (κ2) is 8.43. The number of benzene rings is 2. The van der Waals surface area contributed by atoms with Crippen molar-refractivity contribution in [3.8, 4) is 17.2 Å². The Morgan fingerprint density at radius 1 is 1.16 bits per heavy atom. The molecule has 1 fully saturated rings. The number of carbonyl (C=O) groups is 2. The molecule has 5 rings (SSSR count). The summed E-state index contributed by atoms with van der Waals surface area (Å²) in [6, 6.07) is 12.5. The molecule has 2 atom stereocenters. The molecule has 0 saturated carbocycles. The Morgan fingerprint density at radius 2 is 1.97 bits per heavy atom.